The molecule has 0 spiro atoms. The zero-order chi connectivity index (χ0) is 8.59. The van der Waals surface area contributed by atoms with Crippen LogP contribution in [0.5, 0.6) is 0 Å². The number of ether oxygens (including phenoxy) is 1. The summed E-state index contributed by atoms with van der Waals surface area (Å²) in [7, 11) is -1.29. The lowest BCUT2D eigenvalue weighted by molar-refractivity contribution is -0.139. The molecule has 60 valence electrons. The summed E-state index contributed by atoms with van der Waals surface area (Å²) in [5.74, 6) is -0.795. The van der Waals surface area contributed by atoms with Crippen molar-refractivity contribution in [2.24, 2.45) is 0 Å². The fourth-order valence-electron chi connectivity index (χ4n) is 0.656. The Morgan fingerprint density at radius 1 is 1.64 bits per heavy atom. The lowest BCUT2D eigenvalue weighted by atomic mass is 10.4. The predicted molar refractivity (Wildman–Crippen MR) is 41.8 cm³/mol. The molecule has 0 aromatic rings. The first-order valence-electron chi connectivity index (χ1n) is 3.36. The summed E-state index contributed by atoms with van der Waals surface area (Å²) in [5, 5.41) is 0. The highest BCUT2D eigenvalue weighted by atomic mass is 31.1. The predicted octanol–water partition coefficient (Wildman–Crippen LogP) is 1.66. The lowest BCUT2D eigenvalue weighted by Gasteiger charge is -1.94. The molecule has 0 N–H and O–H groups in total. The second-order valence-electron chi connectivity index (χ2n) is 2.68. The minimum Gasteiger partial charge on any atom is -0.409 e. The van der Waals surface area contributed by atoms with Crippen molar-refractivity contribution >= 4 is 13.8 Å². The fourth-order valence-corrected chi connectivity index (χ4v) is 1.67. The third-order valence-corrected chi connectivity index (χ3v) is 3.34. The summed E-state index contributed by atoms with van der Waals surface area (Å²) in [6.07, 6.45) is 0. The fraction of sp³-hybridized carbons (Fsp3) is 0.571. The molecule has 3 unspecified atom stereocenters. The molecule has 0 aromatic carbocycles. The van der Waals surface area contributed by atoms with E-state index in [4.69, 9.17) is 4.74 Å². The molecule has 4 heteroatoms. The van der Waals surface area contributed by atoms with Crippen LogP contribution in [-0.4, -0.2) is 17.5 Å². The smallest absolute Gasteiger partial charge is 0.399 e. The van der Waals surface area contributed by atoms with Gasteiger partial charge in [-0.1, -0.05) is 11.1 Å². The van der Waals surface area contributed by atoms with Gasteiger partial charge in [-0.25, -0.2) is 4.79 Å². The molecule has 0 bridgehead atoms. The monoisotopic (exact) mass is 173 g/mol. The second-order valence-corrected chi connectivity index (χ2v) is 4.72. The Hall–Kier alpha value is -0.690. The van der Waals surface area contributed by atoms with Crippen molar-refractivity contribution in [3.05, 3.63) is 12.2 Å². The van der Waals surface area contributed by atoms with E-state index in [0.717, 1.165) is 0 Å². The van der Waals surface area contributed by atoms with Crippen molar-refractivity contribution < 1.29 is 14.1 Å². The largest absolute Gasteiger partial charge is 0.409 e. The van der Waals surface area contributed by atoms with Crippen LogP contribution in [-0.2, 0) is 14.1 Å². The molecule has 1 saturated heterocycles. The molecule has 11 heavy (non-hydrogen) atoms. The van der Waals surface area contributed by atoms with Crippen LogP contribution >= 0.6 is 7.80 Å². The van der Waals surface area contributed by atoms with E-state index in [2.05, 4.69) is 6.58 Å². The highest BCUT2D eigenvalue weighted by molar-refractivity contribution is 7.54. The number of carbonyl (C=O) groups excluding carboxylic acids is 1. The Morgan fingerprint density at radius 3 is 2.36 bits per heavy atom. The quantitative estimate of drug-likeness (QED) is 0.362. The number of hydrogen-bond acceptors (Lipinski definition) is 3. The maximum atomic E-state index is 10.8. The van der Waals surface area contributed by atoms with Crippen LogP contribution in [0.4, 0.5) is 0 Å². The molecule has 1 fully saturated rings. The topological polar surface area (TPSA) is 43.4 Å². The van der Waals surface area contributed by atoms with Crippen LogP contribution < -0.4 is 0 Å². The molecule has 1 aliphatic heterocycles. The van der Waals surface area contributed by atoms with Gasteiger partial charge >= 0.3 is 19.6 Å². The minimum atomic E-state index is -1.29. The highest BCUT2D eigenvalue weighted by Crippen LogP contribution is 2.56. The Bertz CT molecular complexity index is 234. The third-order valence-electron chi connectivity index (χ3n) is 1.55. The van der Waals surface area contributed by atoms with Crippen LogP contribution in [0.1, 0.15) is 13.8 Å². The summed E-state index contributed by atoms with van der Waals surface area (Å²) in [4.78, 5) is 10.8. The third kappa shape index (κ3) is 1.66. The molecule has 3 atom stereocenters. The van der Waals surface area contributed by atoms with E-state index in [9.17, 15) is 9.36 Å². The molecular formula is C7H10O3P+. The number of carbonyl (C=O) groups is 1. The van der Waals surface area contributed by atoms with E-state index in [0.29, 0.717) is 5.57 Å². The van der Waals surface area contributed by atoms with Crippen LogP contribution in [0.25, 0.3) is 0 Å². The van der Waals surface area contributed by atoms with E-state index in [-0.39, 0.29) is 11.5 Å². The Morgan fingerprint density at radius 2 is 2.09 bits per heavy atom. The van der Waals surface area contributed by atoms with Gasteiger partial charge in [-0.05, 0) is 13.8 Å². The first kappa shape index (κ1) is 8.41. The van der Waals surface area contributed by atoms with Crippen LogP contribution in [0, 0.1) is 0 Å². The van der Waals surface area contributed by atoms with Gasteiger partial charge in [-0.2, -0.15) is 0 Å². The van der Waals surface area contributed by atoms with E-state index < -0.39 is 13.8 Å². The highest BCUT2D eigenvalue weighted by Gasteiger charge is 2.65. The van der Waals surface area contributed by atoms with Gasteiger partial charge < -0.3 is 4.74 Å². The SMILES string of the molecule is C=C(C)C(=O)OC1C(C)[P+]1=O. The van der Waals surface area contributed by atoms with Crippen molar-refractivity contribution in [2.75, 3.05) is 0 Å². The van der Waals surface area contributed by atoms with Gasteiger partial charge in [0.25, 0.3) is 0 Å². The number of rotatable bonds is 2. The Kier molecular flexibility index (Phi) is 2.10. The molecule has 0 aromatic heterocycles. The average Bonchev–Trinajstić information content (AvgIpc) is 2.45. The van der Waals surface area contributed by atoms with Crippen molar-refractivity contribution in [3.63, 3.8) is 0 Å². The average molecular weight is 173 g/mol. The van der Waals surface area contributed by atoms with Gasteiger partial charge in [0.05, 0.1) is 0 Å². The Labute approximate surface area is 66.2 Å². The second kappa shape index (κ2) is 2.74. The van der Waals surface area contributed by atoms with Crippen molar-refractivity contribution in [3.8, 4) is 0 Å². The molecule has 1 aliphatic rings. The maximum Gasteiger partial charge on any atom is 0.399 e. The summed E-state index contributed by atoms with van der Waals surface area (Å²) in [6.45, 7) is 6.79. The maximum absolute atomic E-state index is 10.8. The normalized spacial score (nSPS) is 31.3. The van der Waals surface area contributed by atoms with E-state index in [1.54, 1.807) is 13.8 Å². The van der Waals surface area contributed by atoms with Crippen molar-refractivity contribution in [1.29, 1.82) is 0 Å². The molecule has 0 saturated carbocycles. The molecule has 1 rings (SSSR count). The summed E-state index contributed by atoms with van der Waals surface area (Å²) < 4.78 is 15.6. The van der Waals surface area contributed by atoms with Crippen LogP contribution in [0.3, 0.4) is 0 Å². The van der Waals surface area contributed by atoms with Gasteiger partial charge in [0, 0.05) is 5.57 Å². The standard InChI is InChI=1S/C7H10O3P/c1-4(2)6(8)10-7-5(3)11(7)9/h5,7H,1H2,2-3H3/q+1. The van der Waals surface area contributed by atoms with E-state index in [1.165, 1.54) is 0 Å². The first-order chi connectivity index (χ1) is 5.04. The molecule has 0 aliphatic carbocycles. The lowest BCUT2D eigenvalue weighted by Crippen LogP contribution is -2.07. The summed E-state index contributed by atoms with van der Waals surface area (Å²) >= 11 is 0. The van der Waals surface area contributed by atoms with E-state index >= 15 is 0 Å². The van der Waals surface area contributed by atoms with Crippen LogP contribution in [0.2, 0.25) is 0 Å². The van der Waals surface area contributed by atoms with Crippen LogP contribution in [0.15, 0.2) is 12.2 Å². The first-order valence-corrected chi connectivity index (χ1v) is 4.76. The molecule has 3 nitrogen and oxygen atoms in total. The molecule has 0 amide bonds. The molecule has 1 heterocycles. The van der Waals surface area contributed by atoms with Gasteiger partial charge in [-0.3, -0.25) is 0 Å². The van der Waals surface area contributed by atoms with Gasteiger partial charge in [0.2, 0.25) is 5.66 Å². The summed E-state index contributed by atoms with van der Waals surface area (Å²) in [5.41, 5.74) is 0.390. The van der Waals surface area contributed by atoms with E-state index in [1.807, 2.05) is 0 Å². The zero-order valence-corrected chi connectivity index (χ0v) is 7.43. The van der Waals surface area contributed by atoms with Gasteiger partial charge in [0.1, 0.15) is 0 Å². The van der Waals surface area contributed by atoms with Gasteiger partial charge in [0.15, 0.2) is 0 Å². The Balaban J connectivity index is 2.40. The molecular weight excluding hydrogens is 163 g/mol. The van der Waals surface area contributed by atoms with Crippen molar-refractivity contribution in [2.45, 2.75) is 25.4 Å². The zero-order valence-electron chi connectivity index (χ0n) is 6.53. The number of esters is 1. The van der Waals surface area contributed by atoms with Gasteiger partial charge in [-0.15, -0.1) is 0 Å². The molecule has 0 radical (unpaired) electrons. The summed E-state index contributed by atoms with van der Waals surface area (Å²) in [6, 6.07) is 0. The minimum absolute atomic E-state index is 0.0355. The van der Waals surface area contributed by atoms with Crippen molar-refractivity contribution in [1.82, 2.24) is 0 Å². The number of hydrogen-bond donors (Lipinski definition) is 0.